The van der Waals surface area contributed by atoms with Gasteiger partial charge in [-0.05, 0) is 75.2 Å². The van der Waals surface area contributed by atoms with Gasteiger partial charge >= 0.3 is 0 Å². The molecule has 1 aliphatic heterocycles. The van der Waals surface area contributed by atoms with E-state index < -0.39 is 0 Å². The van der Waals surface area contributed by atoms with E-state index in [4.69, 9.17) is 0 Å². The van der Waals surface area contributed by atoms with E-state index in [1.165, 1.54) is 5.69 Å². The van der Waals surface area contributed by atoms with Gasteiger partial charge in [-0.25, -0.2) is 0 Å². The highest BCUT2D eigenvalue weighted by Crippen LogP contribution is 2.25. The number of carbonyl (C=O) groups is 1. The standard InChI is InChI=1S/C24H34N4O/c1-6-27-11-13-28(14-12-27)21-9-10-22(19(4)16-21)25-20(5)24(29)26-23-15-17(2)7-8-18(23)3/h7-10,15-16,20,25H,6,11-14H2,1-5H3,(H,26,29)/t20-/m1/s1. The van der Waals surface area contributed by atoms with Crippen LogP contribution < -0.4 is 15.5 Å². The lowest BCUT2D eigenvalue weighted by Crippen LogP contribution is -2.46. The largest absolute Gasteiger partial charge is 0.374 e. The predicted molar refractivity (Wildman–Crippen MR) is 123 cm³/mol. The fourth-order valence-corrected chi connectivity index (χ4v) is 3.74. The molecule has 1 aliphatic rings. The summed E-state index contributed by atoms with van der Waals surface area (Å²) in [6.07, 6.45) is 0. The summed E-state index contributed by atoms with van der Waals surface area (Å²) < 4.78 is 0. The maximum absolute atomic E-state index is 12.7. The van der Waals surface area contributed by atoms with E-state index in [9.17, 15) is 4.79 Å². The van der Waals surface area contributed by atoms with Gasteiger partial charge in [0.15, 0.2) is 0 Å². The Balaban J connectivity index is 1.62. The van der Waals surface area contributed by atoms with Gasteiger partial charge in [-0.15, -0.1) is 0 Å². The number of amides is 1. The van der Waals surface area contributed by atoms with Gasteiger partial charge in [-0.1, -0.05) is 19.1 Å². The summed E-state index contributed by atoms with van der Waals surface area (Å²) in [5.41, 5.74) is 6.51. The summed E-state index contributed by atoms with van der Waals surface area (Å²) in [5.74, 6) is -0.0298. The molecule has 1 amide bonds. The van der Waals surface area contributed by atoms with Crippen LogP contribution >= 0.6 is 0 Å². The van der Waals surface area contributed by atoms with Crippen molar-refractivity contribution in [2.24, 2.45) is 0 Å². The molecular weight excluding hydrogens is 360 g/mol. The van der Waals surface area contributed by atoms with Crippen molar-refractivity contribution >= 4 is 23.0 Å². The number of rotatable bonds is 6. The van der Waals surface area contributed by atoms with Crippen molar-refractivity contribution < 1.29 is 4.79 Å². The zero-order chi connectivity index (χ0) is 21.0. The molecule has 0 radical (unpaired) electrons. The Kier molecular flexibility index (Phi) is 6.80. The third kappa shape index (κ3) is 5.30. The van der Waals surface area contributed by atoms with Crippen LogP contribution in [-0.4, -0.2) is 49.6 Å². The number of nitrogens with one attached hydrogen (secondary N) is 2. The number of benzene rings is 2. The molecule has 29 heavy (non-hydrogen) atoms. The van der Waals surface area contributed by atoms with Crippen LogP contribution in [0.15, 0.2) is 36.4 Å². The Bertz CT molecular complexity index is 856. The minimum atomic E-state index is -0.326. The summed E-state index contributed by atoms with van der Waals surface area (Å²) in [4.78, 5) is 17.6. The lowest BCUT2D eigenvalue weighted by molar-refractivity contribution is -0.116. The van der Waals surface area contributed by atoms with E-state index >= 15 is 0 Å². The molecule has 156 valence electrons. The second-order valence-electron chi connectivity index (χ2n) is 8.09. The van der Waals surface area contributed by atoms with Gasteiger partial charge in [0.2, 0.25) is 5.91 Å². The zero-order valence-corrected chi connectivity index (χ0v) is 18.4. The number of hydrogen-bond donors (Lipinski definition) is 2. The van der Waals surface area contributed by atoms with Gasteiger partial charge in [0.25, 0.3) is 0 Å². The van der Waals surface area contributed by atoms with Crippen molar-refractivity contribution in [1.29, 1.82) is 0 Å². The van der Waals surface area contributed by atoms with Crippen molar-refractivity contribution in [2.75, 3.05) is 48.3 Å². The second-order valence-corrected chi connectivity index (χ2v) is 8.09. The van der Waals surface area contributed by atoms with E-state index in [-0.39, 0.29) is 11.9 Å². The summed E-state index contributed by atoms with van der Waals surface area (Å²) in [6, 6.07) is 12.3. The molecule has 0 unspecified atom stereocenters. The molecule has 0 aromatic heterocycles. The number of likely N-dealkylation sites (N-methyl/N-ethyl adjacent to an activating group) is 1. The average molecular weight is 395 g/mol. The number of carbonyl (C=O) groups excluding carboxylic acids is 1. The SMILES string of the molecule is CCN1CCN(c2ccc(N[C@H](C)C(=O)Nc3cc(C)ccc3C)c(C)c2)CC1. The maximum atomic E-state index is 12.7. The molecule has 0 spiro atoms. The van der Waals surface area contributed by atoms with E-state index in [0.29, 0.717) is 0 Å². The van der Waals surface area contributed by atoms with Crippen LogP contribution in [-0.2, 0) is 4.79 Å². The second kappa shape index (κ2) is 9.31. The molecular formula is C24H34N4O. The monoisotopic (exact) mass is 394 g/mol. The van der Waals surface area contributed by atoms with Crippen LogP contribution in [0.4, 0.5) is 17.1 Å². The van der Waals surface area contributed by atoms with Crippen LogP contribution in [0, 0.1) is 20.8 Å². The van der Waals surface area contributed by atoms with Gasteiger partial charge < -0.3 is 20.4 Å². The lowest BCUT2D eigenvalue weighted by atomic mass is 10.1. The lowest BCUT2D eigenvalue weighted by Gasteiger charge is -2.35. The summed E-state index contributed by atoms with van der Waals surface area (Å²) in [5, 5.41) is 6.42. The normalized spacial score (nSPS) is 15.8. The van der Waals surface area contributed by atoms with Gasteiger partial charge in [-0.3, -0.25) is 4.79 Å². The molecule has 2 aromatic rings. The molecule has 0 bridgehead atoms. The first-order valence-corrected chi connectivity index (χ1v) is 10.6. The highest BCUT2D eigenvalue weighted by molar-refractivity contribution is 5.97. The predicted octanol–water partition coefficient (Wildman–Crippen LogP) is 4.19. The molecule has 0 saturated carbocycles. The van der Waals surface area contributed by atoms with Gasteiger partial charge in [0.05, 0.1) is 0 Å². The Morgan fingerprint density at radius 1 is 0.966 bits per heavy atom. The number of aryl methyl sites for hydroxylation is 3. The molecule has 1 fully saturated rings. The quantitative estimate of drug-likeness (QED) is 0.771. The first-order valence-electron chi connectivity index (χ1n) is 10.6. The molecule has 1 saturated heterocycles. The van der Waals surface area contributed by atoms with Crippen molar-refractivity contribution in [1.82, 2.24) is 4.90 Å². The Labute approximate surface area is 175 Å². The van der Waals surface area contributed by atoms with Crippen LogP contribution in [0.25, 0.3) is 0 Å². The van der Waals surface area contributed by atoms with Crippen molar-refractivity contribution in [3.8, 4) is 0 Å². The molecule has 3 rings (SSSR count). The van der Waals surface area contributed by atoms with E-state index in [1.807, 2.05) is 32.9 Å². The molecule has 2 aromatic carbocycles. The van der Waals surface area contributed by atoms with Crippen molar-refractivity contribution in [2.45, 2.75) is 40.7 Å². The van der Waals surface area contributed by atoms with Crippen LogP contribution in [0.1, 0.15) is 30.5 Å². The maximum Gasteiger partial charge on any atom is 0.246 e. The molecule has 0 aliphatic carbocycles. The minimum absolute atomic E-state index is 0.0298. The first-order chi connectivity index (χ1) is 13.9. The van der Waals surface area contributed by atoms with Gasteiger partial charge in [-0.2, -0.15) is 0 Å². The Morgan fingerprint density at radius 3 is 2.34 bits per heavy atom. The number of hydrogen-bond acceptors (Lipinski definition) is 4. The molecule has 5 nitrogen and oxygen atoms in total. The van der Waals surface area contributed by atoms with E-state index in [2.05, 4.69) is 58.5 Å². The zero-order valence-electron chi connectivity index (χ0n) is 18.4. The van der Waals surface area contributed by atoms with Crippen molar-refractivity contribution in [3.05, 3.63) is 53.1 Å². The third-order valence-corrected chi connectivity index (χ3v) is 5.81. The molecule has 1 heterocycles. The summed E-state index contributed by atoms with van der Waals surface area (Å²) in [7, 11) is 0. The number of nitrogens with zero attached hydrogens (tertiary/aromatic N) is 2. The Morgan fingerprint density at radius 2 is 1.69 bits per heavy atom. The van der Waals surface area contributed by atoms with Crippen LogP contribution in [0.3, 0.4) is 0 Å². The topological polar surface area (TPSA) is 47.6 Å². The van der Waals surface area contributed by atoms with E-state index in [0.717, 1.165) is 60.8 Å². The molecule has 5 heteroatoms. The highest BCUT2D eigenvalue weighted by atomic mass is 16.2. The number of piperazine rings is 1. The molecule has 2 N–H and O–H groups in total. The fourth-order valence-electron chi connectivity index (χ4n) is 3.74. The van der Waals surface area contributed by atoms with Gasteiger partial charge in [0.1, 0.15) is 6.04 Å². The fraction of sp³-hybridized carbons (Fsp3) is 0.458. The Hall–Kier alpha value is -2.53. The summed E-state index contributed by atoms with van der Waals surface area (Å²) in [6.45, 7) is 15.7. The third-order valence-electron chi connectivity index (χ3n) is 5.81. The van der Waals surface area contributed by atoms with Crippen LogP contribution in [0.5, 0.6) is 0 Å². The first kappa shape index (κ1) is 21.2. The summed E-state index contributed by atoms with van der Waals surface area (Å²) >= 11 is 0. The smallest absolute Gasteiger partial charge is 0.246 e. The van der Waals surface area contributed by atoms with Crippen LogP contribution in [0.2, 0.25) is 0 Å². The van der Waals surface area contributed by atoms with Gasteiger partial charge in [0, 0.05) is 43.2 Å². The average Bonchev–Trinajstić information content (AvgIpc) is 2.72. The molecule has 1 atom stereocenters. The number of anilines is 3. The minimum Gasteiger partial charge on any atom is -0.374 e. The van der Waals surface area contributed by atoms with E-state index in [1.54, 1.807) is 0 Å². The highest BCUT2D eigenvalue weighted by Gasteiger charge is 2.18. The van der Waals surface area contributed by atoms with Crippen molar-refractivity contribution in [3.63, 3.8) is 0 Å².